The third kappa shape index (κ3) is 3.30. The fraction of sp³-hybridized carbons (Fsp3) is 0.625. The first-order valence-electron chi connectivity index (χ1n) is 7.62. The Morgan fingerprint density at radius 1 is 1.09 bits per heavy atom. The van der Waals surface area contributed by atoms with Crippen LogP contribution < -0.4 is 4.74 Å². The molecule has 0 radical (unpaired) electrons. The number of hydrogen-bond acceptors (Lipinski definition) is 3. The van der Waals surface area contributed by atoms with Crippen LogP contribution in [0.15, 0.2) is 12.1 Å². The quantitative estimate of drug-likeness (QED) is 0.776. The van der Waals surface area contributed by atoms with Crippen molar-refractivity contribution in [3.63, 3.8) is 0 Å². The second-order valence-electron chi connectivity index (χ2n) is 6.06. The number of halogens is 4. The van der Waals surface area contributed by atoms with Crippen molar-refractivity contribution in [3.05, 3.63) is 29.3 Å². The second-order valence-corrected chi connectivity index (χ2v) is 6.06. The molecule has 0 bridgehead atoms. The number of alkyl halides is 2. The molecule has 1 spiro atoms. The minimum Gasteiger partial charge on any atom is -0.432 e. The van der Waals surface area contributed by atoms with E-state index in [1.54, 1.807) is 0 Å². The van der Waals surface area contributed by atoms with Gasteiger partial charge in [0.15, 0.2) is 5.79 Å². The molecule has 0 atom stereocenters. The van der Waals surface area contributed by atoms with Gasteiger partial charge < -0.3 is 14.2 Å². The van der Waals surface area contributed by atoms with Gasteiger partial charge in [-0.2, -0.15) is 8.78 Å². The van der Waals surface area contributed by atoms with Gasteiger partial charge in [-0.3, -0.25) is 0 Å². The molecule has 1 saturated heterocycles. The molecular weight excluding hydrogens is 316 g/mol. The van der Waals surface area contributed by atoms with Gasteiger partial charge in [0.05, 0.1) is 19.1 Å². The summed E-state index contributed by atoms with van der Waals surface area (Å²) in [7, 11) is 0. The third-order valence-electron chi connectivity index (χ3n) is 4.54. The highest BCUT2D eigenvalue weighted by Gasteiger charge is 2.49. The molecule has 2 aliphatic rings. The van der Waals surface area contributed by atoms with Crippen molar-refractivity contribution in [1.82, 2.24) is 0 Å². The van der Waals surface area contributed by atoms with Gasteiger partial charge in [-0.1, -0.05) is 0 Å². The summed E-state index contributed by atoms with van der Waals surface area (Å²) in [5.74, 6) is -4.12. The van der Waals surface area contributed by atoms with Gasteiger partial charge >= 0.3 is 6.11 Å². The van der Waals surface area contributed by atoms with E-state index in [4.69, 9.17) is 9.47 Å². The first-order valence-corrected chi connectivity index (χ1v) is 7.62. The van der Waals surface area contributed by atoms with Crippen molar-refractivity contribution in [3.8, 4) is 5.75 Å². The van der Waals surface area contributed by atoms with Gasteiger partial charge in [-0.25, -0.2) is 8.78 Å². The van der Waals surface area contributed by atoms with E-state index in [1.165, 1.54) is 6.92 Å². The lowest BCUT2D eigenvalue weighted by atomic mass is 9.84. The average molecular weight is 334 g/mol. The molecule has 1 aliphatic carbocycles. The zero-order valence-electron chi connectivity index (χ0n) is 12.7. The SMILES string of the molecule is Cc1c(F)cc(OC(F)(F)C2CCC3(CC2)OCCO3)cc1F. The first-order chi connectivity index (χ1) is 10.8. The average Bonchev–Trinajstić information content (AvgIpc) is 2.93. The molecule has 2 fully saturated rings. The maximum Gasteiger partial charge on any atom is 0.400 e. The normalized spacial score (nSPS) is 21.8. The van der Waals surface area contributed by atoms with Crippen LogP contribution in [0.5, 0.6) is 5.75 Å². The van der Waals surface area contributed by atoms with Gasteiger partial charge in [0.2, 0.25) is 0 Å². The van der Waals surface area contributed by atoms with E-state index in [0.29, 0.717) is 26.1 Å². The van der Waals surface area contributed by atoms with Crippen molar-refractivity contribution in [2.45, 2.75) is 44.5 Å². The molecule has 1 aromatic carbocycles. The lowest BCUT2D eigenvalue weighted by molar-refractivity contribution is -0.248. The Morgan fingerprint density at radius 2 is 1.61 bits per heavy atom. The summed E-state index contributed by atoms with van der Waals surface area (Å²) < 4.78 is 71.1. The highest BCUT2D eigenvalue weighted by atomic mass is 19.3. The Hall–Kier alpha value is -1.34. The highest BCUT2D eigenvalue weighted by Crippen LogP contribution is 2.44. The Bertz CT molecular complexity index is 552. The zero-order valence-corrected chi connectivity index (χ0v) is 12.7. The molecule has 7 heteroatoms. The van der Waals surface area contributed by atoms with Crippen molar-refractivity contribution in [2.24, 2.45) is 5.92 Å². The minimum absolute atomic E-state index is 0.157. The molecule has 23 heavy (non-hydrogen) atoms. The molecule has 0 N–H and O–H groups in total. The number of benzene rings is 1. The van der Waals surface area contributed by atoms with Crippen LogP contribution in [0.25, 0.3) is 0 Å². The van der Waals surface area contributed by atoms with Gasteiger partial charge in [0, 0.05) is 30.5 Å². The minimum atomic E-state index is -3.51. The van der Waals surface area contributed by atoms with E-state index in [1.807, 2.05) is 0 Å². The van der Waals surface area contributed by atoms with E-state index >= 15 is 0 Å². The third-order valence-corrected chi connectivity index (χ3v) is 4.54. The number of rotatable bonds is 3. The van der Waals surface area contributed by atoms with Crippen LogP contribution in [0.1, 0.15) is 31.2 Å². The van der Waals surface area contributed by atoms with Crippen LogP contribution in [0.3, 0.4) is 0 Å². The smallest absolute Gasteiger partial charge is 0.400 e. The Labute approximate surface area is 131 Å². The van der Waals surface area contributed by atoms with Gasteiger partial charge in [0.25, 0.3) is 0 Å². The molecule has 0 amide bonds. The van der Waals surface area contributed by atoms with Crippen molar-refractivity contribution >= 4 is 0 Å². The van der Waals surface area contributed by atoms with Gasteiger partial charge in [-0.05, 0) is 19.8 Å². The fourth-order valence-corrected chi connectivity index (χ4v) is 3.10. The monoisotopic (exact) mass is 334 g/mol. The lowest BCUT2D eigenvalue weighted by Gasteiger charge is -2.37. The van der Waals surface area contributed by atoms with Crippen LogP contribution in [0.2, 0.25) is 0 Å². The summed E-state index contributed by atoms with van der Waals surface area (Å²) in [6.45, 7) is 2.17. The van der Waals surface area contributed by atoms with E-state index in [2.05, 4.69) is 4.74 Å². The largest absolute Gasteiger partial charge is 0.432 e. The number of ether oxygens (including phenoxy) is 3. The first kappa shape index (κ1) is 16.5. The molecule has 1 aromatic rings. The summed E-state index contributed by atoms with van der Waals surface area (Å²) in [6, 6.07) is 1.56. The molecule has 128 valence electrons. The van der Waals surface area contributed by atoms with Crippen LogP contribution in [0.4, 0.5) is 17.6 Å². The summed E-state index contributed by atoms with van der Waals surface area (Å²) in [6.07, 6.45) is -2.48. The highest BCUT2D eigenvalue weighted by molar-refractivity contribution is 5.30. The lowest BCUT2D eigenvalue weighted by Crippen LogP contribution is -2.43. The Morgan fingerprint density at radius 3 is 2.13 bits per heavy atom. The van der Waals surface area contributed by atoms with Crippen molar-refractivity contribution < 1.29 is 31.8 Å². The van der Waals surface area contributed by atoms with Crippen LogP contribution >= 0.6 is 0 Å². The van der Waals surface area contributed by atoms with Gasteiger partial charge in [0.1, 0.15) is 17.4 Å². The van der Waals surface area contributed by atoms with Crippen LogP contribution in [-0.2, 0) is 9.47 Å². The van der Waals surface area contributed by atoms with Crippen molar-refractivity contribution in [1.29, 1.82) is 0 Å². The maximum absolute atomic E-state index is 14.3. The molecule has 1 aliphatic heterocycles. The van der Waals surface area contributed by atoms with Crippen molar-refractivity contribution in [2.75, 3.05) is 13.2 Å². The molecule has 3 rings (SSSR count). The summed E-state index contributed by atoms with van der Waals surface area (Å²) in [4.78, 5) is 0. The second kappa shape index (κ2) is 5.94. The molecule has 3 nitrogen and oxygen atoms in total. The van der Waals surface area contributed by atoms with E-state index in [9.17, 15) is 17.6 Å². The van der Waals surface area contributed by atoms with Crippen LogP contribution in [-0.4, -0.2) is 25.1 Å². The number of hydrogen-bond donors (Lipinski definition) is 0. The predicted octanol–water partition coefficient (Wildman–Crippen LogP) is 4.18. The summed E-state index contributed by atoms with van der Waals surface area (Å²) in [5, 5.41) is 0. The molecule has 0 aromatic heterocycles. The molecule has 1 saturated carbocycles. The fourth-order valence-electron chi connectivity index (χ4n) is 3.10. The topological polar surface area (TPSA) is 27.7 Å². The standard InChI is InChI=1S/C16H18F4O3/c1-10-13(17)8-12(9-14(10)18)23-16(19,20)11-2-4-15(5-3-11)21-6-7-22-15/h8-9,11H,2-7H2,1H3. The van der Waals surface area contributed by atoms with E-state index in [-0.39, 0.29) is 18.4 Å². The van der Waals surface area contributed by atoms with E-state index in [0.717, 1.165) is 12.1 Å². The molecule has 0 unspecified atom stereocenters. The van der Waals surface area contributed by atoms with E-state index < -0.39 is 35.2 Å². The Balaban J connectivity index is 1.67. The maximum atomic E-state index is 14.3. The summed E-state index contributed by atoms with van der Waals surface area (Å²) >= 11 is 0. The molecule has 1 heterocycles. The zero-order chi connectivity index (χ0) is 16.7. The Kier molecular flexibility index (Phi) is 4.27. The molecular formula is C16H18F4O3. The summed E-state index contributed by atoms with van der Waals surface area (Å²) in [5.41, 5.74) is -0.226. The van der Waals surface area contributed by atoms with Crippen LogP contribution in [0, 0.1) is 24.5 Å². The predicted molar refractivity (Wildman–Crippen MR) is 73.3 cm³/mol. The van der Waals surface area contributed by atoms with Gasteiger partial charge in [-0.15, -0.1) is 0 Å².